The molecule has 3 aromatic rings. The number of morpholine rings is 1. The van der Waals surface area contributed by atoms with Crippen molar-refractivity contribution in [2.24, 2.45) is 5.92 Å². The van der Waals surface area contributed by atoms with Crippen molar-refractivity contribution in [2.45, 2.75) is 46.1 Å². The van der Waals surface area contributed by atoms with Crippen LogP contribution < -0.4 is 15.4 Å². The van der Waals surface area contributed by atoms with E-state index in [1.807, 2.05) is 37.3 Å². The molecule has 1 aromatic carbocycles. The summed E-state index contributed by atoms with van der Waals surface area (Å²) in [7, 11) is 0. The number of nitrogens with one attached hydrogen (secondary N) is 2. The number of ether oxygens (including phenoxy) is 2. The quantitative estimate of drug-likeness (QED) is 0.381. The molecule has 2 aromatic heterocycles. The van der Waals surface area contributed by atoms with Crippen LogP contribution in [0, 0.1) is 5.92 Å². The number of rotatable bonds is 11. The molecule has 4 rings (SSSR count). The number of fused-ring (bicyclic) bond motifs is 1. The summed E-state index contributed by atoms with van der Waals surface area (Å²) < 4.78 is 12.9. The van der Waals surface area contributed by atoms with E-state index in [9.17, 15) is 4.79 Å². The number of hydrogen-bond donors (Lipinski definition) is 2. The van der Waals surface area contributed by atoms with E-state index in [0.717, 1.165) is 69.1 Å². The Morgan fingerprint density at radius 2 is 1.86 bits per heavy atom. The zero-order valence-corrected chi connectivity index (χ0v) is 22.7. The molecular weight excluding hydrogens is 494 g/mol. The highest BCUT2D eigenvalue weighted by Gasteiger charge is 2.14. The molecule has 0 spiro atoms. The van der Waals surface area contributed by atoms with E-state index in [2.05, 4.69) is 44.4 Å². The maximum atomic E-state index is 12.4. The van der Waals surface area contributed by atoms with Crippen LogP contribution in [0.25, 0.3) is 17.0 Å². The Bertz CT molecular complexity index is 1120. The van der Waals surface area contributed by atoms with Crippen LogP contribution in [0.3, 0.4) is 0 Å². The Balaban J connectivity index is 0.00000380. The molecule has 11 heteroatoms. The Labute approximate surface area is 224 Å². The minimum absolute atomic E-state index is 0. The average Bonchev–Trinajstić information content (AvgIpc) is 3.27. The number of carbonyl (C=O) groups excluding carboxylic acids is 1. The molecular formula is C26H38ClN7O3. The van der Waals surface area contributed by atoms with Crippen LogP contribution in [-0.2, 0) is 4.74 Å². The maximum Gasteiger partial charge on any atom is 0.321 e. The van der Waals surface area contributed by atoms with Gasteiger partial charge in [-0.05, 0) is 49.6 Å². The molecule has 0 saturated carbocycles. The van der Waals surface area contributed by atoms with Gasteiger partial charge in [0.1, 0.15) is 12.4 Å². The molecule has 0 bridgehead atoms. The highest BCUT2D eigenvalue weighted by Crippen LogP contribution is 2.23. The normalized spacial score (nSPS) is 14.8. The van der Waals surface area contributed by atoms with Gasteiger partial charge in [-0.15, -0.1) is 17.5 Å². The summed E-state index contributed by atoms with van der Waals surface area (Å²) in [5.74, 6) is 2.11. The number of hydrogen-bond acceptors (Lipinski definition) is 7. The predicted molar refractivity (Wildman–Crippen MR) is 147 cm³/mol. The highest BCUT2D eigenvalue weighted by molar-refractivity contribution is 5.87. The Kier molecular flexibility index (Phi) is 10.9. The second-order valence-corrected chi connectivity index (χ2v) is 9.63. The van der Waals surface area contributed by atoms with Crippen molar-refractivity contribution in [3.8, 4) is 17.0 Å². The van der Waals surface area contributed by atoms with Gasteiger partial charge < -0.3 is 14.8 Å². The zero-order valence-electron chi connectivity index (χ0n) is 21.9. The number of urea groups is 1. The Morgan fingerprint density at radius 3 is 2.59 bits per heavy atom. The fourth-order valence-corrected chi connectivity index (χ4v) is 4.17. The van der Waals surface area contributed by atoms with Crippen molar-refractivity contribution in [2.75, 3.05) is 44.8 Å². The summed E-state index contributed by atoms with van der Waals surface area (Å²) in [5, 5.41) is 10.2. The lowest BCUT2D eigenvalue weighted by Crippen LogP contribution is -2.38. The first-order chi connectivity index (χ1) is 17.5. The SMILES string of the molecule is CC(C)CCCC(C)NC(=O)Nc1nc2nccc(-c3ccc(OCCN4CCOCC4)cc3)n2n1.Cl. The van der Waals surface area contributed by atoms with Crippen LogP contribution in [0.2, 0.25) is 0 Å². The zero-order chi connectivity index (χ0) is 25.3. The van der Waals surface area contributed by atoms with Gasteiger partial charge in [-0.3, -0.25) is 10.2 Å². The van der Waals surface area contributed by atoms with Crippen LogP contribution in [-0.4, -0.2) is 76.0 Å². The van der Waals surface area contributed by atoms with Gasteiger partial charge in [-0.2, -0.15) is 9.50 Å². The largest absolute Gasteiger partial charge is 0.492 e. The molecule has 0 aliphatic carbocycles. The molecule has 37 heavy (non-hydrogen) atoms. The van der Waals surface area contributed by atoms with Crippen molar-refractivity contribution in [3.05, 3.63) is 36.5 Å². The van der Waals surface area contributed by atoms with Gasteiger partial charge in [0.25, 0.3) is 11.7 Å². The molecule has 202 valence electrons. The standard InChI is InChI=1S/C26H37N7O3.ClH/c1-19(2)5-4-6-20(3)28-26(34)30-24-29-25-27-12-11-23(33(25)31-24)21-7-9-22(10-8-21)36-18-15-32-13-16-35-17-14-32;/h7-12,19-20H,4-6,13-18H2,1-3H3,(H2,28,30,31,34);1H. The molecule has 1 atom stereocenters. The lowest BCUT2D eigenvalue weighted by atomic mass is 10.0. The number of nitrogens with zero attached hydrogens (tertiary/aromatic N) is 5. The molecule has 2 N–H and O–H groups in total. The van der Waals surface area contributed by atoms with E-state index in [4.69, 9.17) is 9.47 Å². The van der Waals surface area contributed by atoms with Gasteiger partial charge in [0, 0.05) is 37.4 Å². The smallest absolute Gasteiger partial charge is 0.321 e. The molecule has 1 unspecified atom stereocenters. The minimum Gasteiger partial charge on any atom is -0.492 e. The number of anilines is 1. The molecule has 2 amide bonds. The minimum atomic E-state index is -0.317. The van der Waals surface area contributed by atoms with Crippen LogP contribution in [0.15, 0.2) is 36.5 Å². The Morgan fingerprint density at radius 1 is 1.11 bits per heavy atom. The van der Waals surface area contributed by atoms with Crippen molar-refractivity contribution in [3.63, 3.8) is 0 Å². The highest BCUT2D eigenvalue weighted by atomic mass is 35.5. The molecule has 1 aliphatic heterocycles. The number of amides is 2. The van der Waals surface area contributed by atoms with E-state index in [1.165, 1.54) is 0 Å². The van der Waals surface area contributed by atoms with E-state index in [0.29, 0.717) is 18.3 Å². The van der Waals surface area contributed by atoms with Gasteiger partial charge >= 0.3 is 6.03 Å². The number of aromatic nitrogens is 4. The second-order valence-electron chi connectivity index (χ2n) is 9.63. The summed E-state index contributed by atoms with van der Waals surface area (Å²) in [6, 6.07) is 9.50. The van der Waals surface area contributed by atoms with Crippen LogP contribution in [0.5, 0.6) is 5.75 Å². The summed E-state index contributed by atoms with van der Waals surface area (Å²) in [5.41, 5.74) is 1.77. The molecule has 1 fully saturated rings. The third-order valence-corrected chi connectivity index (χ3v) is 6.19. The van der Waals surface area contributed by atoms with E-state index < -0.39 is 0 Å². The molecule has 10 nitrogen and oxygen atoms in total. The Hall–Kier alpha value is -2.95. The summed E-state index contributed by atoms with van der Waals surface area (Å²) in [6.45, 7) is 11.4. The van der Waals surface area contributed by atoms with Crippen molar-refractivity contribution in [1.82, 2.24) is 29.8 Å². The van der Waals surface area contributed by atoms with Gasteiger partial charge in [0.15, 0.2) is 0 Å². The monoisotopic (exact) mass is 531 g/mol. The topological polar surface area (TPSA) is 106 Å². The van der Waals surface area contributed by atoms with Crippen molar-refractivity contribution < 1.29 is 14.3 Å². The van der Waals surface area contributed by atoms with E-state index in [-0.39, 0.29) is 30.4 Å². The fraction of sp³-hybridized carbons (Fsp3) is 0.538. The van der Waals surface area contributed by atoms with Gasteiger partial charge in [-0.25, -0.2) is 9.78 Å². The van der Waals surface area contributed by atoms with Crippen molar-refractivity contribution >= 4 is 30.2 Å². The van der Waals surface area contributed by atoms with E-state index >= 15 is 0 Å². The second kappa shape index (κ2) is 14.1. The fourth-order valence-electron chi connectivity index (χ4n) is 4.17. The predicted octanol–water partition coefficient (Wildman–Crippen LogP) is 4.26. The van der Waals surface area contributed by atoms with Crippen LogP contribution in [0.4, 0.5) is 10.7 Å². The molecule has 1 aliphatic rings. The van der Waals surface area contributed by atoms with Gasteiger partial charge in [0.05, 0.1) is 18.9 Å². The number of halogens is 1. The average molecular weight is 532 g/mol. The first kappa shape index (κ1) is 28.6. The third-order valence-electron chi connectivity index (χ3n) is 6.19. The summed E-state index contributed by atoms with van der Waals surface area (Å²) in [6.07, 6.45) is 4.85. The van der Waals surface area contributed by atoms with Crippen LogP contribution >= 0.6 is 12.4 Å². The summed E-state index contributed by atoms with van der Waals surface area (Å²) in [4.78, 5) is 23.4. The van der Waals surface area contributed by atoms with Crippen molar-refractivity contribution in [1.29, 1.82) is 0 Å². The summed E-state index contributed by atoms with van der Waals surface area (Å²) >= 11 is 0. The van der Waals surface area contributed by atoms with Gasteiger partial charge in [0.2, 0.25) is 0 Å². The van der Waals surface area contributed by atoms with Gasteiger partial charge in [-0.1, -0.05) is 26.7 Å². The lowest BCUT2D eigenvalue weighted by Gasteiger charge is -2.26. The molecule has 0 radical (unpaired) electrons. The third kappa shape index (κ3) is 8.55. The van der Waals surface area contributed by atoms with Crippen LogP contribution in [0.1, 0.15) is 40.0 Å². The molecule has 3 heterocycles. The van der Waals surface area contributed by atoms with E-state index in [1.54, 1.807) is 10.7 Å². The molecule has 1 saturated heterocycles. The number of carbonyl (C=O) groups is 1. The first-order valence-corrected chi connectivity index (χ1v) is 12.8. The maximum absolute atomic E-state index is 12.4. The first-order valence-electron chi connectivity index (χ1n) is 12.8. The number of benzene rings is 1. The lowest BCUT2D eigenvalue weighted by molar-refractivity contribution is 0.0322.